The third-order valence-corrected chi connectivity index (χ3v) is 6.27. The van der Waals surface area contributed by atoms with Crippen molar-refractivity contribution in [1.29, 1.82) is 0 Å². The number of hydrogen-bond donors (Lipinski definition) is 2. The minimum absolute atomic E-state index is 0.829. The van der Waals surface area contributed by atoms with Gasteiger partial charge in [-0.05, 0) is 108 Å². The fraction of sp³-hybridized carbons (Fsp3) is 0.200. The Bertz CT molecular complexity index is 1090. The van der Waals surface area contributed by atoms with Crippen LogP contribution >= 0.6 is 0 Å². The largest absolute Gasteiger partial charge is 0.399 e. The molecule has 0 aliphatic rings. The van der Waals surface area contributed by atoms with E-state index in [1.165, 1.54) is 44.5 Å². The van der Waals surface area contributed by atoms with Crippen molar-refractivity contribution in [2.75, 3.05) is 11.5 Å². The van der Waals surface area contributed by atoms with E-state index in [1.807, 2.05) is 24.3 Å². The lowest BCUT2D eigenvalue weighted by Gasteiger charge is -2.09. The molecule has 2 nitrogen and oxygen atoms in total. The van der Waals surface area contributed by atoms with Gasteiger partial charge in [0.1, 0.15) is 0 Å². The van der Waals surface area contributed by atoms with Gasteiger partial charge in [-0.15, -0.1) is 0 Å². The second kappa shape index (κ2) is 9.74. The molecule has 0 saturated heterocycles. The van der Waals surface area contributed by atoms with Crippen molar-refractivity contribution in [3.05, 3.63) is 129 Å². The first kappa shape index (κ1) is 21.7. The number of nitrogen functional groups attached to an aromatic ring is 2. The third-order valence-electron chi connectivity index (χ3n) is 6.27. The summed E-state index contributed by atoms with van der Waals surface area (Å²) in [7, 11) is 0. The van der Waals surface area contributed by atoms with Crippen molar-refractivity contribution in [3.63, 3.8) is 0 Å². The Kier molecular flexibility index (Phi) is 6.61. The Morgan fingerprint density at radius 2 is 0.812 bits per heavy atom. The van der Waals surface area contributed by atoms with E-state index in [-0.39, 0.29) is 0 Å². The third kappa shape index (κ3) is 5.59. The number of anilines is 2. The Morgan fingerprint density at radius 3 is 1.16 bits per heavy atom. The first-order valence-electron chi connectivity index (χ1n) is 11.3. The van der Waals surface area contributed by atoms with E-state index in [4.69, 9.17) is 11.5 Å². The topological polar surface area (TPSA) is 52.0 Å². The minimum Gasteiger partial charge on any atom is -0.399 e. The SMILES string of the molecule is Cc1cc(N)ccc1Cc1ccc(CCc2ccc(Cc3ccc(N)cc3C)cc2)cc1. The van der Waals surface area contributed by atoms with Gasteiger partial charge in [-0.3, -0.25) is 0 Å². The molecule has 4 aromatic carbocycles. The summed E-state index contributed by atoms with van der Waals surface area (Å²) in [6, 6.07) is 30.4. The van der Waals surface area contributed by atoms with Crippen LogP contribution < -0.4 is 11.5 Å². The van der Waals surface area contributed by atoms with Gasteiger partial charge in [-0.25, -0.2) is 0 Å². The fourth-order valence-electron chi connectivity index (χ4n) is 4.21. The average molecular weight is 421 g/mol. The number of rotatable bonds is 7. The maximum Gasteiger partial charge on any atom is 0.0316 e. The van der Waals surface area contributed by atoms with Crippen molar-refractivity contribution in [1.82, 2.24) is 0 Å². The molecule has 0 heterocycles. The highest BCUT2D eigenvalue weighted by Crippen LogP contribution is 2.19. The van der Waals surface area contributed by atoms with Gasteiger partial charge in [-0.1, -0.05) is 60.7 Å². The monoisotopic (exact) mass is 420 g/mol. The molecule has 0 fully saturated rings. The van der Waals surface area contributed by atoms with E-state index in [9.17, 15) is 0 Å². The van der Waals surface area contributed by atoms with E-state index in [1.54, 1.807) is 0 Å². The standard InChI is InChI=1S/C30H32N2/c1-21-17-29(31)15-13-27(21)19-25-9-5-23(6-10-25)3-4-24-7-11-26(12-8-24)20-28-14-16-30(32)18-22(28)2/h5-18H,3-4,19-20,31-32H2,1-2H3. The predicted octanol–water partition coefficient (Wildman–Crippen LogP) is 6.43. The molecule has 2 heteroatoms. The predicted molar refractivity (Wildman–Crippen MR) is 137 cm³/mol. The quantitative estimate of drug-likeness (QED) is 0.338. The van der Waals surface area contributed by atoms with E-state index < -0.39 is 0 Å². The summed E-state index contributed by atoms with van der Waals surface area (Å²) >= 11 is 0. The molecule has 4 N–H and O–H groups in total. The number of aryl methyl sites for hydroxylation is 4. The second-order valence-electron chi connectivity index (χ2n) is 8.86. The van der Waals surface area contributed by atoms with Crippen LogP contribution in [0.4, 0.5) is 11.4 Å². The molecule has 0 aliphatic heterocycles. The highest BCUT2D eigenvalue weighted by atomic mass is 14.5. The Hall–Kier alpha value is -3.52. The molecule has 0 radical (unpaired) electrons. The maximum absolute atomic E-state index is 5.87. The highest BCUT2D eigenvalue weighted by Gasteiger charge is 2.04. The summed E-state index contributed by atoms with van der Waals surface area (Å²) in [5.41, 5.74) is 24.0. The number of nitrogens with two attached hydrogens (primary N) is 2. The molecule has 4 aromatic rings. The zero-order valence-electron chi connectivity index (χ0n) is 19.1. The summed E-state index contributed by atoms with van der Waals surface area (Å²) in [5, 5.41) is 0. The van der Waals surface area contributed by atoms with Crippen LogP contribution in [0.2, 0.25) is 0 Å². The fourth-order valence-corrected chi connectivity index (χ4v) is 4.21. The Balaban J connectivity index is 1.32. The zero-order chi connectivity index (χ0) is 22.5. The molecule has 0 atom stereocenters. The van der Waals surface area contributed by atoms with E-state index in [0.717, 1.165) is 37.1 Å². The Morgan fingerprint density at radius 1 is 0.469 bits per heavy atom. The van der Waals surface area contributed by atoms with Gasteiger partial charge in [-0.2, -0.15) is 0 Å². The smallest absolute Gasteiger partial charge is 0.0316 e. The van der Waals surface area contributed by atoms with Crippen LogP contribution in [0.3, 0.4) is 0 Å². The molecule has 0 bridgehead atoms. The molecule has 0 unspecified atom stereocenters. The van der Waals surface area contributed by atoms with Gasteiger partial charge in [0, 0.05) is 11.4 Å². The van der Waals surface area contributed by atoms with E-state index >= 15 is 0 Å². The van der Waals surface area contributed by atoms with Crippen LogP contribution in [-0.4, -0.2) is 0 Å². The molecular weight excluding hydrogens is 388 g/mol. The summed E-state index contributed by atoms with van der Waals surface area (Å²) in [6.07, 6.45) is 4.00. The molecule has 0 aromatic heterocycles. The zero-order valence-corrected chi connectivity index (χ0v) is 19.1. The minimum atomic E-state index is 0.829. The second-order valence-corrected chi connectivity index (χ2v) is 8.86. The molecule has 32 heavy (non-hydrogen) atoms. The summed E-state index contributed by atoms with van der Waals surface area (Å²) in [4.78, 5) is 0. The molecule has 4 rings (SSSR count). The van der Waals surface area contributed by atoms with E-state index in [2.05, 4.69) is 74.5 Å². The first-order valence-corrected chi connectivity index (χ1v) is 11.3. The first-order chi connectivity index (χ1) is 15.5. The normalized spacial score (nSPS) is 10.9. The lowest BCUT2D eigenvalue weighted by atomic mass is 9.97. The number of hydrogen-bond acceptors (Lipinski definition) is 2. The molecule has 0 spiro atoms. The lowest BCUT2D eigenvalue weighted by Crippen LogP contribution is -1.96. The summed E-state index contributed by atoms with van der Waals surface area (Å²) < 4.78 is 0. The van der Waals surface area contributed by atoms with Gasteiger partial charge in [0.05, 0.1) is 0 Å². The lowest BCUT2D eigenvalue weighted by molar-refractivity contribution is 0.955. The molecule has 0 saturated carbocycles. The summed E-state index contributed by atoms with van der Waals surface area (Å²) in [5.74, 6) is 0. The van der Waals surface area contributed by atoms with Crippen LogP contribution in [-0.2, 0) is 25.7 Å². The van der Waals surface area contributed by atoms with Crippen LogP contribution in [0.1, 0.15) is 44.5 Å². The maximum atomic E-state index is 5.87. The molecule has 0 amide bonds. The van der Waals surface area contributed by atoms with Crippen molar-refractivity contribution in [2.45, 2.75) is 39.5 Å². The van der Waals surface area contributed by atoms with Crippen molar-refractivity contribution < 1.29 is 0 Å². The van der Waals surface area contributed by atoms with Crippen LogP contribution in [0, 0.1) is 13.8 Å². The number of benzene rings is 4. The molecular formula is C30H32N2. The highest BCUT2D eigenvalue weighted by molar-refractivity contribution is 5.46. The molecule has 162 valence electrons. The van der Waals surface area contributed by atoms with Gasteiger partial charge in [0.2, 0.25) is 0 Å². The average Bonchev–Trinajstić information content (AvgIpc) is 2.78. The van der Waals surface area contributed by atoms with E-state index in [0.29, 0.717) is 0 Å². The van der Waals surface area contributed by atoms with Crippen LogP contribution in [0.15, 0.2) is 84.9 Å². The molecule has 0 aliphatic carbocycles. The van der Waals surface area contributed by atoms with Crippen molar-refractivity contribution >= 4 is 11.4 Å². The van der Waals surface area contributed by atoms with Gasteiger partial charge in [0.25, 0.3) is 0 Å². The van der Waals surface area contributed by atoms with Gasteiger partial charge >= 0.3 is 0 Å². The Labute approximate surface area is 191 Å². The van der Waals surface area contributed by atoms with Crippen molar-refractivity contribution in [3.8, 4) is 0 Å². The van der Waals surface area contributed by atoms with Gasteiger partial charge < -0.3 is 11.5 Å². The van der Waals surface area contributed by atoms with Crippen LogP contribution in [0.25, 0.3) is 0 Å². The summed E-state index contributed by atoms with van der Waals surface area (Å²) in [6.45, 7) is 4.25. The van der Waals surface area contributed by atoms with Crippen molar-refractivity contribution in [2.24, 2.45) is 0 Å². The van der Waals surface area contributed by atoms with Crippen LogP contribution in [0.5, 0.6) is 0 Å². The van der Waals surface area contributed by atoms with Gasteiger partial charge in [0.15, 0.2) is 0 Å².